The molecule has 1 atom stereocenters. The van der Waals surface area contributed by atoms with Crippen molar-refractivity contribution in [2.24, 2.45) is 5.73 Å². The Morgan fingerprint density at radius 1 is 1.58 bits per heavy atom. The molecule has 0 amide bonds. The number of aliphatic hydroxyl groups excluding tert-OH is 1. The molecule has 12 heavy (non-hydrogen) atoms. The van der Waals surface area contributed by atoms with Crippen molar-refractivity contribution in [1.82, 2.24) is 0 Å². The molecule has 1 aromatic rings. The number of nitrogens with two attached hydrogens (primary N) is 1. The van der Waals surface area contributed by atoms with E-state index in [0.717, 1.165) is 5.56 Å². The molecule has 1 heterocycles. The minimum Gasteiger partial charge on any atom is -0.388 e. The second-order valence-corrected chi connectivity index (χ2v) is 4.42. The second kappa shape index (κ2) is 4.03. The van der Waals surface area contributed by atoms with Gasteiger partial charge in [-0.15, -0.1) is 11.3 Å². The molecule has 0 unspecified atom stereocenters. The van der Waals surface area contributed by atoms with Gasteiger partial charge in [0.1, 0.15) is 0 Å². The lowest BCUT2D eigenvalue weighted by Gasteiger charge is -2.07. The molecule has 0 aliphatic heterocycles. The highest BCUT2D eigenvalue weighted by Gasteiger charge is 2.11. The summed E-state index contributed by atoms with van der Waals surface area (Å²) in [7, 11) is 0. The summed E-state index contributed by atoms with van der Waals surface area (Å²) in [5, 5.41) is 9.64. The lowest BCUT2D eigenvalue weighted by Crippen LogP contribution is -2.06. The fourth-order valence-electron chi connectivity index (χ4n) is 1.29. The summed E-state index contributed by atoms with van der Waals surface area (Å²) in [5.41, 5.74) is 6.41. The normalized spacial score (nSPS) is 13.3. The predicted octanol–water partition coefficient (Wildman–Crippen LogP) is 1.75. The van der Waals surface area contributed by atoms with Crippen LogP contribution in [0.5, 0.6) is 0 Å². The Morgan fingerprint density at radius 3 is 2.67 bits per heavy atom. The highest BCUT2D eigenvalue weighted by Crippen LogP contribution is 2.27. The molecule has 0 aliphatic carbocycles. The van der Waals surface area contributed by atoms with E-state index in [-0.39, 0.29) is 6.10 Å². The summed E-state index contributed by atoms with van der Waals surface area (Å²) in [6.45, 7) is 4.62. The van der Waals surface area contributed by atoms with Crippen LogP contribution in [0.3, 0.4) is 0 Å². The summed E-state index contributed by atoms with van der Waals surface area (Å²) in [6, 6.07) is 2.04. The number of aryl methyl sites for hydroxylation is 2. The molecule has 0 saturated carbocycles. The van der Waals surface area contributed by atoms with Gasteiger partial charge in [0.05, 0.1) is 6.10 Å². The highest BCUT2D eigenvalue weighted by atomic mass is 32.1. The van der Waals surface area contributed by atoms with E-state index in [1.807, 2.05) is 13.0 Å². The summed E-state index contributed by atoms with van der Waals surface area (Å²) >= 11 is 1.72. The first-order chi connectivity index (χ1) is 5.65. The van der Waals surface area contributed by atoms with Gasteiger partial charge >= 0.3 is 0 Å². The van der Waals surface area contributed by atoms with Crippen LogP contribution in [-0.4, -0.2) is 11.7 Å². The lowest BCUT2D eigenvalue weighted by molar-refractivity contribution is 0.170. The fraction of sp³-hybridized carbons (Fsp3) is 0.556. The van der Waals surface area contributed by atoms with Crippen molar-refractivity contribution in [3.8, 4) is 0 Å². The van der Waals surface area contributed by atoms with Gasteiger partial charge in [-0.3, -0.25) is 0 Å². The van der Waals surface area contributed by atoms with E-state index in [1.54, 1.807) is 11.3 Å². The Morgan fingerprint density at radius 2 is 2.25 bits per heavy atom. The monoisotopic (exact) mass is 185 g/mol. The van der Waals surface area contributed by atoms with E-state index in [0.29, 0.717) is 13.0 Å². The minimum absolute atomic E-state index is 0.375. The first-order valence-electron chi connectivity index (χ1n) is 4.10. The molecule has 0 fully saturated rings. The topological polar surface area (TPSA) is 46.2 Å². The van der Waals surface area contributed by atoms with Gasteiger partial charge in [-0.05, 0) is 38.4 Å². The number of hydrogen-bond acceptors (Lipinski definition) is 3. The molecule has 0 aliphatic rings. The predicted molar refractivity (Wildman–Crippen MR) is 52.4 cm³/mol. The first kappa shape index (κ1) is 9.71. The maximum Gasteiger partial charge on any atom is 0.0812 e. The average molecular weight is 185 g/mol. The molecule has 68 valence electrons. The lowest BCUT2D eigenvalue weighted by atomic mass is 10.1. The largest absolute Gasteiger partial charge is 0.388 e. The summed E-state index contributed by atoms with van der Waals surface area (Å²) in [4.78, 5) is 2.45. The molecule has 1 aromatic heterocycles. The van der Waals surface area contributed by atoms with Crippen LogP contribution in [0, 0.1) is 13.8 Å². The van der Waals surface area contributed by atoms with Gasteiger partial charge in [0, 0.05) is 9.75 Å². The van der Waals surface area contributed by atoms with Crippen molar-refractivity contribution in [1.29, 1.82) is 0 Å². The van der Waals surface area contributed by atoms with Crippen molar-refractivity contribution >= 4 is 11.3 Å². The number of rotatable bonds is 3. The zero-order valence-corrected chi connectivity index (χ0v) is 8.32. The average Bonchev–Trinajstić information content (AvgIpc) is 2.30. The molecule has 3 N–H and O–H groups in total. The van der Waals surface area contributed by atoms with Gasteiger partial charge in [0.2, 0.25) is 0 Å². The van der Waals surface area contributed by atoms with E-state index < -0.39 is 0 Å². The molecule has 0 aromatic carbocycles. The van der Waals surface area contributed by atoms with Crippen molar-refractivity contribution in [2.45, 2.75) is 26.4 Å². The third-order valence-electron chi connectivity index (χ3n) is 1.88. The molecular formula is C9H15NOS. The first-order valence-corrected chi connectivity index (χ1v) is 4.92. The third-order valence-corrected chi connectivity index (χ3v) is 2.86. The van der Waals surface area contributed by atoms with Crippen molar-refractivity contribution in [3.05, 3.63) is 21.4 Å². The zero-order valence-electron chi connectivity index (χ0n) is 7.50. The Labute approximate surface area is 77.0 Å². The standard InChI is InChI=1S/C9H15NOS/c1-6-5-8(7(2)12-6)9(11)3-4-10/h5,9,11H,3-4,10H2,1-2H3/t9-/m0/s1. The molecule has 0 saturated heterocycles. The summed E-state index contributed by atoms with van der Waals surface area (Å²) in [6.07, 6.45) is 0.275. The number of hydrogen-bond donors (Lipinski definition) is 2. The van der Waals surface area contributed by atoms with E-state index in [9.17, 15) is 5.11 Å². The molecule has 0 bridgehead atoms. The molecular weight excluding hydrogens is 170 g/mol. The van der Waals surface area contributed by atoms with Crippen molar-refractivity contribution in [3.63, 3.8) is 0 Å². The van der Waals surface area contributed by atoms with E-state index in [2.05, 4.69) is 6.92 Å². The quantitative estimate of drug-likeness (QED) is 0.753. The van der Waals surface area contributed by atoms with Crippen LogP contribution in [0.1, 0.15) is 27.8 Å². The van der Waals surface area contributed by atoms with Gasteiger partial charge in [0.15, 0.2) is 0 Å². The maximum atomic E-state index is 9.64. The fourth-order valence-corrected chi connectivity index (χ4v) is 2.28. The van der Waals surface area contributed by atoms with Crippen molar-refractivity contribution in [2.75, 3.05) is 6.54 Å². The van der Waals surface area contributed by atoms with Crippen LogP contribution >= 0.6 is 11.3 Å². The van der Waals surface area contributed by atoms with Crippen LogP contribution in [-0.2, 0) is 0 Å². The zero-order chi connectivity index (χ0) is 9.14. The van der Waals surface area contributed by atoms with Crippen LogP contribution in [0.25, 0.3) is 0 Å². The van der Waals surface area contributed by atoms with Gasteiger partial charge in [-0.25, -0.2) is 0 Å². The van der Waals surface area contributed by atoms with E-state index >= 15 is 0 Å². The molecule has 0 radical (unpaired) electrons. The van der Waals surface area contributed by atoms with Gasteiger partial charge < -0.3 is 10.8 Å². The molecule has 2 nitrogen and oxygen atoms in total. The summed E-state index contributed by atoms with van der Waals surface area (Å²) in [5.74, 6) is 0. The molecule has 3 heteroatoms. The number of thiophene rings is 1. The Bertz CT molecular complexity index is 257. The van der Waals surface area contributed by atoms with E-state index in [1.165, 1.54) is 9.75 Å². The second-order valence-electron chi connectivity index (χ2n) is 2.96. The van der Waals surface area contributed by atoms with Crippen LogP contribution in [0.4, 0.5) is 0 Å². The minimum atomic E-state index is -0.375. The van der Waals surface area contributed by atoms with Crippen molar-refractivity contribution < 1.29 is 5.11 Å². The Kier molecular flexibility index (Phi) is 3.26. The Hall–Kier alpha value is -0.380. The smallest absolute Gasteiger partial charge is 0.0812 e. The number of aliphatic hydroxyl groups is 1. The van der Waals surface area contributed by atoms with Gasteiger partial charge in [0.25, 0.3) is 0 Å². The van der Waals surface area contributed by atoms with Gasteiger partial charge in [-0.1, -0.05) is 0 Å². The summed E-state index contributed by atoms with van der Waals surface area (Å²) < 4.78 is 0. The maximum absolute atomic E-state index is 9.64. The van der Waals surface area contributed by atoms with Crippen LogP contribution in [0.2, 0.25) is 0 Å². The molecule has 0 spiro atoms. The van der Waals surface area contributed by atoms with Crippen LogP contribution in [0.15, 0.2) is 6.07 Å². The Balaban J connectivity index is 2.79. The highest BCUT2D eigenvalue weighted by molar-refractivity contribution is 7.12. The SMILES string of the molecule is Cc1cc([C@@H](O)CCN)c(C)s1. The van der Waals surface area contributed by atoms with Gasteiger partial charge in [-0.2, -0.15) is 0 Å². The third kappa shape index (κ3) is 2.06. The molecule has 1 rings (SSSR count). The van der Waals surface area contributed by atoms with E-state index in [4.69, 9.17) is 5.73 Å². The van der Waals surface area contributed by atoms with Crippen LogP contribution < -0.4 is 5.73 Å².